The third-order valence-electron chi connectivity index (χ3n) is 10.6. The Balaban J connectivity index is 0.000000284. The highest BCUT2D eigenvalue weighted by Gasteiger charge is 2.35. The SMILES string of the molecule is C.CN1CCC(C(=O)CCl)CC1.CSc1nccc(C(=O)C(CC(=O)C2CCN(C)CC2)c2cccc(C(F)(F)F)c2)n1.CSc1nccc(C(=O)Cc2cccc(C(F)(F)F)c2)n1. The number of Topliss-reactive ketones (excluding diaryl/α,β-unsaturated/α-hetero) is 4. The summed E-state index contributed by atoms with van der Waals surface area (Å²) >= 11 is 8.00. The number of aromatic nitrogens is 4. The van der Waals surface area contributed by atoms with E-state index in [4.69, 9.17) is 11.6 Å². The number of alkyl halides is 7. The normalized spacial score (nSPS) is 15.7. The lowest BCUT2D eigenvalue weighted by molar-refractivity contribution is -0.138. The molecule has 2 fully saturated rings. The number of ketones is 4. The van der Waals surface area contributed by atoms with Gasteiger partial charge in [-0.1, -0.05) is 67.3 Å². The van der Waals surface area contributed by atoms with Crippen molar-refractivity contribution in [2.24, 2.45) is 11.8 Å². The van der Waals surface area contributed by atoms with Crippen molar-refractivity contribution in [2.75, 3.05) is 58.7 Å². The number of benzene rings is 2. The van der Waals surface area contributed by atoms with Crippen molar-refractivity contribution >= 4 is 58.3 Å². The molecule has 0 radical (unpaired) electrons. The zero-order chi connectivity index (χ0) is 46.3. The van der Waals surface area contributed by atoms with Crippen LogP contribution in [0.1, 0.15) is 88.7 Å². The summed E-state index contributed by atoms with van der Waals surface area (Å²) in [5, 5.41) is 0.833. The van der Waals surface area contributed by atoms with Crippen LogP contribution in [-0.4, -0.2) is 112 Å². The van der Waals surface area contributed by atoms with Gasteiger partial charge in [-0.2, -0.15) is 26.3 Å². The first-order chi connectivity index (χ1) is 29.8. The molecule has 10 nitrogen and oxygen atoms in total. The summed E-state index contributed by atoms with van der Waals surface area (Å²) < 4.78 is 77.6. The number of thioether (sulfide) groups is 2. The zero-order valence-corrected chi connectivity index (χ0v) is 37.6. The standard InChI is InChI=1S/C22H24F3N3O2S.C14H11F3N2OS.C8H14ClNO.CH4/c1-28-10-7-14(8-11-28)19(29)13-17(15-4-3-5-16(12-15)22(23,24)25)20(30)18-6-9-26-21(27-18)31-2;1-21-13-18-6-5-11(19-13)12(20)8-9-3-2-4-10(7-9)14(15,16)17;1-10-4-2-7(3-5-10)8(11)6-9;/h3-6,9,12,14,17H,7-8,10-11,13H2,1-2H3;2-7H,8H2,1H3;7H,2-6H2,1H3;1H4. The molecule has 2 aromatic heterocycles. The minimum absolute atomic E-state index is 0. The first kappa shape index (κ1) is 54.1. The largest absolute Gasteiger partial charge is 0.416 e. The Morgan fingerprint density at radius 3 is 1.67 bits per heavy atom. The molecule has 1 unspecified atom stereocenters. The molecule has 0 saturated carbocycles. The molecular formula is C45H53ClF6N6O4S2. The van der Waals surface area contributed by atoms with Gasteiger partial charge in [-0.25, -0.2) is 19.9 Å². The molecule has 19 heteroatoms. The predicted octanol–water partition coefficient (Wildman–Crippen LogP) is 9.90. The van der Waals surface area contributed by atoms with E-state index in [-0.39, 0.29) is 72.3 Å². The second kappa shape index (κ2) is 25.5. The Morgan fingerprint density at radius 1 is 0.703 bits per heavy atom. The van der Waals surface area contributed by atoms with E-state index >= 15 is 0 Å². The van der Waals surface area contributed by atoms with Gasteiger partial charge in [0.2, 0.25) is 0 Å². The van der Waals surface area contributed by atoms with E-state index in [1.165, 1.54) is 72.3 Å². The lowest BCUT2D eigenvalue weighted by Gasteiger charge is -2.29. The summed E-state index contributed by atoms with van der Waals surface area (Å²) in [6.07, 6.45) is 0.542. The second-order valence-electron chi connectivity index (χ2n) is 15.1. The number of carbonyl (C=O) groups excluding carboxylic acids is 4. The van der Waals surface area contributed by atoms with E-state index in [1.54, 1.807) is 12.5 Å². The molecule has 2 saturated heterocycles. The van der Waals surface area contributed by atoms with Gasteiger partial charge in [0, 0.05) is 37.1 Å². The summed E-state index contributed by atoms with van der Waals surface area (Å²) in [5.41, 5.74) is -0.837. The van der Waals surface area contributed by atoms with Crippen LogP contribution in [0.25, 0.3) is 0 Å². The van der Waals surface area contributed by atoms with Crippen molar-refractivity contribution in [2.45, 2.75) is 74.5 Å². The van der Waals surface area contributed by atoms with Crippen LogP contribution < -0.4 is 0 Å². The van der Waals surface area contributed by atoms with E-state index < -0.39 is 35.2 Å². The number of piperidine rings is 2. The molecule has 2 aromatic carbocycles. The van der Waals surface area contributed by atoms with Crippen LogP contribution in [0.2, 0.25) is 0 Å². The average Bonchev–Trinajstić information content (AvgIpc) is 3.28. The zero-order valence-electron chi connectivity index (χ0n) is 35.2. The summed E-state index contributed by atoms with van der Waals surface area (Å²) in [6.45, 7) is 3.63. The summed E-state index contributed by atoms with van der Waals surface area (Å²) in [4.78, 5) is 70.1. The smallest absolute Gasteiger partial charge is 0.306 e. The van der Waals surface area contributed by atoms with Gasteiger partial charge in [0.05, 0.1) is 22.9 Å². The molecule has 0 bridgehead atoms. The monoisotopic (exact) mass is 954 g/mol. The average molecular weight is 956 g/mol. The van der Waals surface area contributed by atoms with Crippen LogP contribution in [0.3, 0.4) is 0 Å². The quantitative estimate of drug-likeness (QED) is 0.0416. The van der Waals surface area contributed by atoms with Crippen LogP contribution >= 0.6 is 35.1 Å². The molecule has 0 spiro atoms. The van der Waals surface area contributed by atoms with Gasteiger partial charge in [-0.05, 0) is 114 Å². The number of rotatable bonds is 13. The third-order valence-corrected chi connectivity index (χ3v) is 12.0. The number of hydrogen-bond acceptors (Lipinski definition) is 12. The van der Waals surface area contributed by atoms with Gasteiger partial charge in [0.25, 0.3) is 0 Å². The molecule has 0 aliphatic carbocycles. The highest BCUT2D eigenvalue weighted by Crippen LogP contribution is 2.34. The molecule has 1 atom stereocenters. The second-order valence-corrected chi connectivity index (χ2v) is 16.9. The highest BCUT2D eigenvalue weighted by atomic mass is 35.5. The molecule has 2 aliphatic heterocycles. The highest BCUT2D eigenvalue weighted by molar-refractivity contribution is 7.98. The maximum atomic E-state index is 13.3. The Hall–Kier alpha value is -4.23. The van der Waals surface area contributed by atoms with Crippen LogP contribution in [0.4, 0.5) is 26.3 Å². The van der Waals surface area contributed by atoms with Crippen LogP contribution in [0, 0.1) is 11.8 Å². The van der Waals surface area contributed by atoms with Gasteiger partial charge in [0.15, 0.2) is 27.7 Å². The third kappa shape index (κ3) is 16.6. The fourth-order valence-electron chi connectivity index (χ4n) is 6.91. The molecule has 64 heavy (non-hydrogen) atoms. The maximum absolute atomic E-state index is 13.3. The number of carbonyl (C=O) groups is 4. The maximum Gasteiger partial charge on any atom is 0.416 e. The van der Waals surface area contributed by atoms with Gasteiger partial charge < -0.3 is 9.80 Å². The summed E-state index contributed by atoms with van der Waals surface area (Å²) in [6, 6.07) is 12.3. The molecule has 0 amide bonds. The number of halogens is 7. The van der Waals surface area contributed by atoms with E-state index in [0.717, 1.165) is 63.3 Å². The van der Waals surface area contributed by atoms with Crippen molar-refractivity contribution in [1.29, 1.82) is 0 Å². The van der Waals surface area contributed by atoms with Gasteiger partial charge in [-0.3, -0.25) is 19.2 Å². The fourth-order valence-corrected chi connectivity index (χ4v) is 7.84. The van der Waals surface area contributed by atoms with E-state index in [0.29, 0.717) is 28.7 Å². The molecule has 2 aliphatic rings. The van der Waals surface area contributed by atoms with Gasteiger partial charge >= 0.3 is 12.4 Å². The molecule has 6 rings (SSSR count). The van der Waals surface area contributed by atoms with Gasteiger partial charge in [0.1, 0.15) is 17.2 Å². The van der Waals surface area contributed by atoms with Crippen molar-refractivity contribution in [3.8, 4) is 0 Å². The Labute approximate surface area is 383 Å². The molecule has 348 valence electrons. The van der Waals surface area contributed by atoms with Crippen LogP contribution in [-0.2, 0) is 28.4 Å². The van der Waals surface area contributed by atoms with E-state index in [1.807, 2.05) is 7.05 Å². The number of hydrogen-bond donors (Lipinski definition) is 0. The first-order valence-electron chi connectivity index (χ1n) is 20.0. The predicted molar refractivity (Wildman–Crippen MR) is 238 cm³/mol. The van der Waals surface area contributed by atoms with Crippen molar-refractivity contribution in [3.63, 3.8) is 0 Å². The molecule has 4 aromatic rings. The summed E-state index contributed by atoms with van der Waals surface area (Å²) in [5.74, 6) is -1.48. The summed E-state index contributed by atoms with van der Waals surface area (Å²) in [7, 11) is 4.06. The Bertz CT molecular complexity index is 2170. The van der Waals surface area contributed by atoms with E-state index in [2.05, 4.69) is 36.8 Å². The van der Waals surface area contributed by atoms with Gasteiger partial charge in [-0.15, -0.1) is 11.6 Å². The van der Waals surface area contributed by atoms with Crippen molar-refractivity contribution < 1.29 is 45.5 Å². The minimum Gasteiger partial charge on any atom is -0.306 e. The first-order valence-corrected chi connectivity index (χ1v) is 22.9. The Kier molecular flexibility index (Phi) is 21.5. The topological polar surface area (TPSA) is 126 Å². The van der Waals surface area contributed by atoms with Crippen LogP contribution in [0.15, 0.2) is 83.4 Å². The van der Waals surface area contributed by atoms with Crippen LogP contribution in [0.5, 0.6) is 0 Å². The molecular weight excluding hydrogens is 902 g/mol. The fraction of sp³-hybridized carbons (Fsp3) is 0.467. The lowest BCUT2D eigenvalue weighted by atomic mass is 9.82. The molecule has 0 N–H and O–H groups in total. The number of nitrogens with zero attached hydrogens (tertiary/aromatic N) is 6. The number of likely N-dealkylation sites (tertiary alicyclic amines) is 2. The Morgan fingerprint density at radius 2 is 1.17 bits per heavy atom. The van der Waals surface area contributed by atoms with Crippen molar-refractivity contribution in [1.82, 2.24) is 29.7 Å². The minimum atomic E-state index is -4.54. The lowest BCUT2D eigenvalue weighted by Crippen LogP contribution is -2.34. The molecule has 4 heterocycles. The van der Waals surface area contributed by atoms with Crippen molar-refractivity contribution in [3.05, 3.63) is 107 Å². The van der Waals surface area contributed by atoms with E-state index in [9.17, 15) is 45.5 Å².